The number of hydrogen-bond acceptors (Lipinski definition) is 7. The minimum absolute atomic E-state index is 0.0776. The van der Waals surface area contributed by atoms with Crippen LogP contribution in [-0.4, -0.2) is 57.0 Å². The Kier molecular flexibility index (Phi) is 7.23. The number of aliphatic hydroxyl groups is 2. The summed E-state index contributed by atoms with van der Waals surface area (Å²) in [6, 6.07) is 9.24. The lowest BCUT2D eigenvalue weighted by molar-refractivity contribution is -0.222. The van der Waals surface area contributed by atoms with Crippen LogP contribution in [0.2, 0.25) is 0 Å². The van der Waals surface area contributed by atoms with E-state index in [9.17, 15) is 15.0 Å². The number of benzene rings is 1. The van der Waals surface area contributed by atoms with E-state index in [0.29, 0.717) is 29.4 Å². The molecule has 0 radical (unpaired) electrons. The van der Waals surface area contributed by atoms with Crippen molar-refractivity contribution >= 4 is 33.1 Å². The van der Waals surface area contributed by atoms with Crippen LogP contribution < -0.4 is 5.32 Å². The Balaban J connectivity index is 1.16. The third-order valence-electron chi connectivity index (χ3n) is 16.6. The zero-order chi connectivity index (χ0) is 31.7. The van der Waals surface area contributed by atoms with Crippen LogP contribution >= 0.6 is 21.6 Å². The lowest BCUT2D eigenvalue weighted by atomic mass is 9.44. The van der Waals surface area contributed by atoms with Crippen LogP contribution in [0.4, 0.5) is 5.69 Å². The quantitative estimate of drug-likeness (QED) is 0.264. The molecule has 7 heteroatoms. The number of ketones is 1. The molecule has 1 heterocycles. The molecule has 7 aliphatic carbocycles. The molecule has 0 amide bonds. The molecule has 2 spiro atoms. The Hall–Kier alpha value is -0.730. The van der Waals surface area contributed by atoms with E-state index >= 15 is 0 Å². The van der Waals surface area contributed by atoms with Gasteiger partial charge in [-0.2, -0.15) is 0 Å². The number of hydrogen-bond donors (Lipinski definition) is 3. The molecule has 9 rings (SSSR count). The average molecular weight is 666 g/mol. The van der Waals surface area contributed by atoms with E-state index in [4.69, 9.17) is 4.74 Å². The lowest BCUT2D eigenvalue weighted by Gasteiger charge is -2.62. The zero-order valence-corrected chi connectivity index (χ0v) is 29.8. The Labute approximate surface area is 283 Å². The molecule has 252 valence electrons. The van der Waals surface area contributed by atoms with Gasteiger partial charge in [-0.05, 0) is 123 Å². The third kappa shape index (κ3) is 3.82. The summed E-state index contributed by atoms with van der Waals surface area (Å²) in [5.74, 6) is 1.93. The van der Waals surface area contributed by atoms with Crippen LogP contribution in [0.1, 0.15) is 109 Å². The number of methoxy groups -OCH3 is 1. The second kappa shape index (κ2) is 10.6. The zero-order valence-electron chi connectivity index (χ0n) is 28.1. The number of aliphatic hydroxyl groups excluding tert-OH is 1. The average Bonchev–Trinajstić information content (AvgIpc) is 3.65. The second-order valence-electron chi connectivity index (χ2n) is 17.7. The summed E-state index contributed by atoms with van der Waals surface area (Å²) in [5.41, 5.74) is 1.27. The highest BCUT2D eigenvalue weighted by Gasteiger charge is 2.88. The molecule has 1 aromatic carbocycles. The fourth-order valence-corrected chi connectivity index (χ4v) is 18.8. The van der Waals surface area contributed by atoms with E-state index < -0.39 is 5.60 Å². The molecule has 8 aliphatic rings. The summed E-state index contributed by atoms with van der Waals surface area (Å²) >= 11 is 0. The van der Waals surface area contributed by atoms with Crippen molar-refractivity contribution in [1.29, 1.82) is 0 Å². The smallest absolute Gasteiger partial charge is 0.141 e. The van der Waals surface area contributed by atoms with Gasteiger partial charge in [-0.25, -0.2) is 0 Å². The fourth-order valence-electron chi connectivity index (χ4n) is 14.5. The summed E-state index contributed by atoms with van der Waals surface area (Å²) in [4.78, 5) is 13.8. The van der Waals surface area contributed by atoms with Crippen molar-refractivity contribution in [3.05, 3.63) is 29.8 Å². The number of fused-ring (bicyclic) bond motifs is 7. The molecule has 3 N–H and O–H groups in total. The molecule has 7 saturated carbocycles. The molecule has 6 bridgehead atoms. The molecule has 13 atom stereocenters. The van der Waals surface area contributed by atoms with Crippen molar-refractivity contribution in [2.24, 2.45) is 45.8 Å². The molecular weight excluding hydrogens is 611 g/mol. The SMILES string of the molecule is CO[C@H]1CC(=O)[C@H]2[C@@H]3C[C@@H]4CC[C@@]5(C[C@H]6Cc7cccc(c7)N[C@@H]7[C@H](O)CCC[C@@H]7SSC7(CCCCC7)[C@@H]6C5)[C@]3(C)[C@@]4(C)[C@@]12O. The van der Waals surface area contributed by atoms with Crippen molar-refractivity contribution in [2.45, 2.75) is 144 Å². The van der Waals surface area contributed by atoms with Crippen LogP contribution in [0.25, 0.3) is 0 Å². The van der Waals surface area contributed by atoms with Crippen LogP contribution in [-0.2, 0) is 16.0 Å². The maximum absolute atomic E-state index is 13.8. The van der Waals surface area contributed by atoms with Crippen LogP contribution in [0.5, 0.6) is 0 Å². The molecule has 1 aromatic rings. The number of carbonyl (C=O) groups excluding carboxylic acids is 1. The first-order valence-electron chi connectivity index (χ1n) is 18.8. The van der Waals surface area contributed by atoms with E-state index in [1.807, 2.05) is 0 Å². The second-order valence-corrected chi connectivity index (χ2v) is 20.5. The minimum atomic E-state index is -1.05. The van der Waals surface area contributed by atoms with E-state index in [0.717, 1.165) is 37.8 Å². The first-order chi connectivity index (χ1) is 22.1. The van der Waals surface area contributed by atoms with E-state index in [1.54, 1.807) is 7.11 Å². The normalized spacial score (nSPS) is 52.0. The largest absolute Gasteiger partial charge is 0.391 e. The standard InChI is InChI=1S/C39H55NO4S2/c1-35-25-13-16-37(36(35,2)27(19-25)33-30(42)20-32(44-3)39(33,35)43)21-24-17-23-9-7-10-26(18-23)40-34-29(41)11-8-12-31(34)45-46-38(28(24)22-37)14-5-4-6-15-38/h7,9-10,18,24-25,27-29,31-34,40-41,43H,4-6,8,11-17,19-22H2,1-3H3/t24-,25+,27+,28-,29-,31+,32+,33-,34-,35+,36+,37+,39-/m1/s1. The van der Waals surface area contributed by atoms with E-state index in [1.165, 1.54) is 63.4 Å². The molecule has 0 unspecified atom stereocenters. The molecule has 5 nitrogen and oxygen atoms in total. The summed E-state index contributed by atoms with van der Waals surface area (Å²) in [6.07, 6.45) is 16.5. The lowest BCUT2D eigenvalue weighted by Crippen LogP contribution is -2.63. The molecule has 1 aliphatic heterocycles. The molecule has 0 saturated heterocycles. The van der Waals surface area contributed by atoms with Crippen molar-refractivity contribution in [2.75, 3.05) is 12.4 Å². The molecule has 46 heavy (non-hydrogen) atoms. The van der Waals surface area contributed by atoms with Gasteiger partial charge < -0.3 is 20.3 Å². The van der Waals surface area contributed by atoms with Gasteiger partial charge in [-0.15, -0.1) is 0 Å². The van der Waals surface area contributed by atoms with Crippen molar-refractivity contribution in [3.8, 4) is 0 Å². The maximum atomic E-state index is 13.8. The predicted molar refractivity (Wildman–Crippen MR) is 187 cm³/mol. The van der Waals surface area contributed by atoms with Gasteiger partial charge in [0.1, 0.15) is 11.4 Å². The number of anilines is 1. The highest BCUT2D eigenvalue weighted by molar-refractivity contribution is 8.77. The fraction of sp³-hybridized carbons (Fsp3) is 0.821. The van der Waals surface area contributed by atoms with Gasteiger partial charge in [0.05, 0.1) is 24.2 Å². The van der Waals surface area contributed by atoms with Crippen LogP contribution in [0.3, 0.4) is 0 Å². The van der Waals surface area contributed by atoms with E-state index in [2.05, 4.69) is 65.0 Å². The van der Waals surface area contributed by atoms with Crippen molar-refractivity contribution in [3.63, 3.8) is 0 Å². The van der Waals surface area contributed by atoms with Crippen molar-refractivity contribution < 1.29 is 19.7 Å². The summed E-state index contributed by atoms with van der Waals surface area (Å²) in [6.45, 7) is 4.98. The summed E-state index contributed by atoms with van der Waals surface area (Å²) < 4.78 is 6.26. The monoisotopic (exact) mass is 665 g/mol. The van der Waals surface area contributed by atoms with Gasteiger partial charge in [-0.3, -0.25) is 4.79 Å². The van der Waals surface area contributed by atoms with Gasteiger partial charge in [0.25, 0.3) is 0 Å². The molecule has 0 aromatic heterocycles. The highest BCUT2D eigenvalue weighted by atomic mass is 33.1. The van der Waals surface area contributed by atoms with Gasteiger partial charge in [-0.1, -0.05) is 66.8 Å². The van der Waals surface area contributed by atoms with Crippen LogP contribution in [0, 0.1) is 45.8 Å². The summed E-state index contributed by atoms with van der Waals surface area (Å²) in [7, 11) is 6.07. The maximum Gasteiger partial charge on any atom is 0.141 e. The number of nitrogens with one attached hydrogen (secondary N) is 1. The first kappa shape index (κ1) is 31.3. The Morgan fingerprint density at radius 2 is 1.78 bits per heavy atom. The minimum Gasteiger partial charge on any atom is -0.391 e. The van der Waals surface area contributed by atoms with Gasteiger partial charge in [0, 0.05) is 34.6 Å². The third-order valence-corrected chi connectivity index (χ3v) is 20.5. The Morgan fingerprint density at radius 1 is 0.957 bits per heavy atom. The number of carbonyl (C=O) groups is 1. The number of rotatable bonds is 1. The molecular formula is C39H55NO4S2. The molecule has 7 fully saturated rings. The van der Waals surface area contributed by atoms with Crippen molar-refractivity contribution in [1.82, 2.24) is 0 Å². The Bertz CT molecular complexity index is 1400. The van der Waals surface area contributed by atoms with Gasteiger partial charge in [0.15, 0.2) is 0 Å². The van der Waals surface area contributed by atoms with E-state index in [-0.39, 0.29) is 56.9 Å². The predicted octanol–water partition coefficient (Wildman–Crippen LogP) is 7.82. The Morgan fingerprint density at radius 3 is 2.59 bits per heavy atom. The first-order valence-corrected chi connectivity index (χ1v) is 21.0. The van der Waals surface area contributed by atoms with Gasteiger partial charge in [0.2, 0.25) is 0 Å². The number of Topliss-reactive ketones (excluding diaryl/α,β-unsaturated/α-hetero) is 1. The summed E-state index contributed by atoms with van der Waals surface area (Å²) in [5, 5.41) is 28.4. The van der Waals surface area contributed by atoms with Crippen LogP contribution in [0.15, 0.2) is 24.3 Å². The topological polar surface area (TPSA) is 78.8 Å². The van der Waals surface area contributed by atoms with Gasteiger partial charge >= 0.3 is 0 Å². The number of ether oxygens (including phenoxy) is 1. The highest BCUT2D eigenvalue weighted by Crippen LogP contribution is 2.87.